The van der Waals surface area contributed by atoms with Crippen LogP contribution in [0.2, 0.25) is 0 Å². The van der Waals surface area contributed by atoms with Gasteiger partial charge >= 0.3 is 5.97 Å². The van der Waals surface area contributed by atoms with E-state index in [-0.39, 0.29) is 17.2 Å². The molecular weight excluding hydrogens is 240 g/mol. The molecular formula is C11H12N2O3S. The molecule has 1 fully saturated rings. The lowest BCUT2D eigenvalue weighted by molar-refractivity contribution is -0.131. The Balaban J connectivity index is 1.98. The SMILES string of the molecule is O=C(O)c1cccnc1SCC(=O)N1CCC1. The van der Waals surface area contributed by atoms with Crippen LogP contribution in [0.5, 0.6) is 0 Å². The van der Waals surface area contributed by atoms with E-state index in [0.717, 1.165) is 19.5 Å². The molecule has 1 aliphatic heterocycles. The zero-order valence-corrected chi connectivity index (χ0v) is 9.94. The molecule has 0 aliphatic carbocycles. The van der Waals surface area contributed by atoms with Crippen molar-refractivity contribution < 1.29 is 14.7 Å². The van der Waals surface area contributed by atoms with Crippen molar-refractivity contribution in [3.63, 3.8) is 0 Å². The summed E-state index contributed by atoms with van der Waals surface area (Å²) in [6.45, 7) is 1.63. The smallest absolute Gasteiger partial charge is 0.338 e. The van der Waals surface area contributed by atoms with Crippen LogP contribution in [0.25, 0.3) is 0 Å². The quantitative estimate of drug-likeness (QED) is 0.813. The summed E-state index contributed by atoms with van der Waals surface area (Å²) in [4.78, 5) is 28.3. The van der Waals surface area contributed by atoms with Crippen LogP contribution in [-0.2, 0) is 4.79 Å². The molecule has 2 heterocycles. The van der Waals surface area contributed by atoms with E-state index in [9.17, 15) is 9.59 Å². The second-order valence-corrected chi connectivity index (χ2v) is 4.65. The lowest BCUT2D eigenvalue weighted by Crippen LogP contribution is -2.43. The van der Waals surface area contributed by atoms with Gasteiger partial charge in [-0.25, -0.2) is 9.78 Å². The Labute approximate surface area is 103 Å². The van der Waals surface area contributed by atoms with E-state index < -0.39 is 5.97 Å². The first-order valence-corrected chi connectivity index (χ1v) is 6.26. The third-order valence-electron chi connectivity index (χ3n) is 2.54. The number of thioether (sulfide) groups is 1. The summed E-state index contributed by atoms with van der Waals surface area (Å²) < 4.78 is 0. The van der Waals surface area contributed by atoms with Gasteiger partial charge in [0.1, 0.15) is 5.03 Å². The minimum atomic E-state index is -1.02. The zero-order valence-electron chi connectivity index (χ0n) is 9.13. The highest BCUT2D eigenvalue weighted by Crippen LogP contribution is 2.21. The fourth-order valence-corrected chi connectivity index (χ4v) is 2.34. The van der Waals surface area contributed by atoms with Crippen LogP contribution in [-0.4, -0.2) is 45.7 Å². The number of carbonyl (C=O) groups is 2. The maximum Gasteiger partial charge on any atom is 0.338 e. The van der Waals surface area contributed by atoms with Gasteiger partial charge in [-0.05, 0) is 18.6 Å². The molecule has 1 aromatic rings. The number of aromatic carboxylic acids is 1. The summed E-state index contributed by atoms with van der Waals surface area (Å²) in [7, 11) is 0. The molecule has 17 heavy (non-hydrogen) atoms. The summed E-state index contributed by atoms with van der Waals surface area (Å²) >= 11 is 1.18. The van der Waals surface area contributed by atoms with Gasteiger partial charge in [-0.1, -0.05) is 11.8 Å². The van der Waals surface area contributed by atoms with Crippen molar-refractivity contribution in [3.8, 4) is 0 Å². The molecule has 0 aromatic carbocycles. The van der Waals surface area contributed by atoms with Crippen LogP contribution in [0.3, 0.4) is 0 Å². The molecule has 2 rings (SSSR count). The number of hydrogen-bond donors (Lipinski definition) is 1. The Morgan fingerprint density at radius 3 is 2.82 bits per heavy atom. The van der Waals surface area contributed by atoms with Crippen LogP contribution in [0.1, 0.15) is 16.8 Å². The highest BCUT2D eigenvalue weighted by molar-refractivity contribution is 8.00. The van der Waals surface area contributed by atoms with E-state index in [2.05, 4.69) is 4.98 Å². The summed E-state index contributed by atoms with van der Waals surface area (Å²) in [6.07, 6.45) is 2.59. The molecule has 0 atom stereocenters. The predicted octanol–water partition coefficient (Wildman–Crippen LogP) is 1.10. The van der Waals surface area contributed by atoms with Gasteiger partial charge in [-0.15, -0.1) is 0 Å². The molecule has 0 unspecified atom stereocenters. The topological polar surface area (TPSA) is 70.5 Å². The Morgan fingerprint density at radius 1 is 1.47 bits per heavy atom. The van der Waals surface area contributed by atoms with Crippen molar-refractivity contribution in [2.24, 2.45) is 0 Å². The van der Waals surface area contributed by atoms with Crippen LogP contribution >= 0.6 is 11.8 Å². The number of likely N-dealkylation sites (tertiary alicyclic amines) is 1. The minimum absolute atomic E-state index is 0.0447. The molecule has 1 saturated heterocycles. The molecule has 0 saturated carbocycles. The van der Waals surface area contributed by atoms with Gasteiger partial charge in [0.15, 0.2) is 0 Å². The van der Waals surface area contributed by atoms with E-state index in [0.29, 0.717) is 5.03 Å². The van der Waals surface area contributed by atoms with Crippen molar-refractivity contribution >= 4 is 23.6 Å². The molecule has 90 valence electrons. The van der Waals surface area contributed by atoms with Crippen LogP contribution < -0.4 is 0 Å². The standard InChI is InChI=1S/C11H12N2O3S/c14-9(13-5-2-6-13)7-17-10-8(11(15)16)3-1-4-12-10/h1,3-4H,2,5-7H2,(H,15,16). The number of nitrogens with zero attached hydrogens (tertiary/aromatic N) is 2. The first-order chi connectivity index (χ1) is 8.18. The Morgan fingerprint density at radius 2 is 2.24 bits per heavy atom. The molecule has 0 spiro atoms. The van der Waals surface area contributed by atoms with Gasteiger partial charge in [0.2, 0.25) is 5.91 Å². The second kappa shape index (κ2) is 5.18. The second-order valence-electron chi connectivity index (χ2n) is 3.68. The third-order valence-corrected chi connectivity index (χ3v) is 3.53. The molecule has 6 heteroatoms. The van der Waals surface area contributed by atoms with Crippen molar-refractivity contribution in [3.05, 3.63) is 23.9 Å². The Hall–Kier alpha value is -1.56. The first kappa shape index (κ1) is 11.9. The van der Waals surface area contributed by atoms with E-state index >= 15 is 0 Å². The van der Waals surface area contributed by atoms with Crippen LogP contribution in [0, 0.1) is 0 Å². The fraction of sp³-hybridized carbons (Fsp3) is 0.364. The predicted molar refractivity (Wildman–Crippen MR) is 63.1 cm³/mol. The van der Waals surface area contributed by atoms with Gasteiger partial charge in [0, 0.05) is 19.3 Å². The number of carboxylic acids is 1. The van der Waals surface area contributed by atoms with E-state index in [1.807, 2.05) is 0 Å². The van der Waals surface area contributed by atoms with Crippen molar-refractivity contribution in [2.75, 3.05) is 18.8 Å². The van der Waals surface area contributed by atoms with Crippen molar-refractivity contribution in [1.82, 2.24) is 9.88 Å². The van der Waals surface area contributed by atoms with Gasteiger partial charge in [0.05, 0.1) is 11.3 Å². The third kappa shape index (κ3) is 2.76. The lowest BCUT2D eigenvalue weighted by atomic mass is 10.2. The molecule has 1 amide bonds. The van der Waals surface area contributed by atoms with Crippen molar-refractivity contribution in [2.45, 2.75) is 11.4 Å². The molecule has 1 N–H and O–H groups in total. The number of carbonyl (C=O) groups excluding carboxylic acids is 1. The van der Waals surface area contributed by atoms with Gasteiger partial charge in [-0.2, -0.15) is 0 Å². The van der Waals surface area contributed by atoms with Gasteiger partial charge in [0.25, 0.3) is 0 Å². The summed E-state index contributed by atoms with van der Waals surface area (Å²) in [5.74, 6) is -0.725. The van der Waals surface area contributed by atoms with E-state index in [1.165, 1.54) is 24.0 Å². The summed E-state index contributed by atoms with van der Waals surface area (Å²) in [5.41, 5.74) is 0.147. The lowest BCUT2D eigenvalue weighted by Gasteiger charge is -2.30. The Kier molecular flexibility index (Phi) is 3.63. The molecule has 1 aromatic heterocycles. The zero-order chi connectivity index (χ0) is 12.3. The number of hydrogen-bond acceptors (Lipinski definition) is 4. The highest BCUT2D eigenvalue weighted by atomic mass is 32.2. The number of pyridine rings is 1. The maximum atomic E-state index is 11.6. The maximum absolute atomic E-state index is 11.6. The van der Waals surface area contributed by atoms with Gasteiger partial charge < -0.3 is 10.0 Å². The molecule has 1 aliphatic rings. The molecule has 0 radical (unpaired) electrons. The number of carboxylic acid groups (broad SMARTS) is 1. The largest absolute Gasteiger partial charge is 0.478 e. The summed E-state index contributed by atoms with van der Waals surface area (Å²) in [6, 6.07) is 3.07. The van der Waals surface area contributed by atoms with Crippen LogP contribution in [0.15, 0.2) is 23.4 Å². The number of amides is 1. The normalized spacial score (nSPS) is 14.2. The molecule has 0 bridgehead atoms. The number of rotatable bonds is 4. The van der Waals surface area contributed by atoms with Gasteiger partial charge in [-0.3, -0.25) is 4.79 Å². The molecule has 5 nitrogen and oxygen atoms in total. The number of aromatic nitrogens is 1. The van der Waals surface area contributed by atoms with E-state index in [1.54, 1.807) is 11.0 Å². The average molecular weight is 252 g/mol. The van der Waals surface area contributed by atoms with Crippen LogP contribution in [0.4, 0.5) is 0 Å². The minimum Gasteiger partial charge on any atom is -0.478 e. The van der Waals surface area contributed by atoms with Crippen molar-refractivity contribution in [1.29, 1.82) is 0 Å². The highest BCUT2D eigenvalue weighted by Gasteiger charge is 2.21. The fourth-order valence-electron chi connectivity index (χ4n) is 1.46. The first-order valence-electron chi connectivity index (χ1n) is 5.27. The Bertz CT molecular complexity index is 446. The summed E-state index contributed by atoms with van der Waals surface area (Å²) in [5, 5.41) is 9.35. The van der Waals surface area contributed by atoms with E-state index in [4.69, 9.17) is 5.11 Å². The average Bonchev–Trinajstić information content (AvgIpc) is 2.24. The monoisotopic (exact) mass is 252 g/mol.